The average molecular weight is 531 g/mol. The van der Waals surface area contributed by atoms with Crippen LogP contribution in [0.3, 0.4) is 0 Å². The Kier molecular flexibility index (Phi) is 6.51. The first-order valence-electron chi connectivity index (χ1n) is 12.9. The minimum Gasteiger partial charge on any atom is -0.504 e. The van der Waals surface area contributed by atoms with Crippen LogP contribution in [-0.2, 0) is 22.8 Å². The van der Waals surface area contributed by atoms with Gasteiger partial charge in [0.05, 0.1) is 18.3 Å². The van der Waals surface area contributed by atoms with E-state index in [9.17, 15) is 28.2 Å². The Bertz CT molecular complexity index is 1280. The number of likely N-dealkylation sites (N-methyl/N-ethyl adjacent to an activating group) is 2. The van der Waals surface area contributed by atoms with Crippen molar-refractivity contribution in [2.75, 3.05) is 27.7 Å². The number of methoxy groups -OCH3 is 1. The number of aromatic hydroxyl groups is 1. The molecule has 2 N–H and O–H groups in total. The van der Waals surface area contributed by atoms with Crippen molar-refractivity contribution in [3.8, 4) is 11.5 Å². The Labute approximate surface area is 220 Å². The van der Waals surface area contributed by atoms with Gasteiger partial charge in [0, 0.05) is 36.2 Å². The van der Waals surface area contributed by atoms with Gasteiger partial charge in [-0.05, 0) is 81.1 Å². The number of piperidine rings is 1. The second-order valence-corrected chi connectivity index (χ2v) is 10.9. The standard InChI is InChI=1S/C29H33F3N2O4/c1-33-14-13-27-17-21(34(2)24(36)10-7-18-5-4-6-20(15-18)29(30,31)32)11-12-28(27,37)23(33)16-19-8-9-22(35)26(38-3)25(19)27/h4-10,15,21,23,35,37H,11-14,16-17H2,1-3H3/t21-,23-,27-,28-/m1/s1. The second-order valence-electron chi connectivity index (χ2n) is 10.9. The quantitative estimate of drug-likeness (QED) is 0.575. The van der Waals surface area contributed by atoms with Gasteiger partial charge in [-0.25, -0.2) is 0 Å². The minimum absolute atomic E-state index is 0.0240. The monoisotopic (exact) mass is 530 g/mol. The van der Waals surface area contributed by atoms with Crippen LogP contribution in [0.25, 0.3) is 6.08 Å². The summed E-state index contributed by atoms with van der Waals surface area (Å²) in [4.78, 5) is 17.0. The van der Waals surface area contributed by atoms with Crippen molar-refractivity contribution in [1.29, 1.82) is 0 Å². The molecule has 9 heteroatoms. The number of amides is 1. The molecule has 1 saturated carbocycles. The molecule has 0 aromatic heterocycles. The van der Waals surface area contributed by atoms with Crippen LogP contribution in [0.2, 0.25) is 0 Å². The van der Waals surface area contributed by atoms with Crippen LogP contribution in [0.4, 0.5) is 13.2 Å². The number of nitrogens with zero attached hydrogens (tertiary/aromatic N) is 2. The molecule has 2 bridgehead atoms. The molecule has 4 atom stereocenters. The zero-order valence-corrected chi connectivity index (χ0v) is 21.8. The van der Waals surface area contributed by atoms with E-state index in [0.29, 0.717) is 37.9 Å². The summed E-state index contributed by atoms with van der Waals surface area (Å²) in [6.45, 7) is 0.755. The number of carbonyl (C=O) groups excluding carboxylic acids is 1. The fraction of sp³-hybridized carbons (Fsp3) is 0.483. The number of alkyl halides is 3. The number of aliphatic hydroxyl groups is 1. The normalized spacial score (nSPS) is 29.0. The molecule has 0 spiro atoms. The number of carbonyl (C=O) groups is 1. The molecule has 2 fully saturated rings. The highest BCUT2D eigenvalue weighted by atomic mass is 19.4. The molecule has 5 rings (SSSR count). The molecule has 3 aliphatic rings. The highest BCUT2D eigenvalue weighted by Crippen LogP contribution is 2.61. The number of phenolic OH excluding ortho intramolecular Hbond substituents is 1. The molecular formula is C29H33F3N2O4. The molecule has 1 aliphatic heterocycles. The third-order valence-corrected chi connectivity index (χ3v) is 9.09. The van der Waals surface area contributed by atoms with Crippen molar-refractivity contribution in [2.24, 2.45) is 0 Å². The number of benzene rings is 2. The predicted molar refractivity (Wildman–Crippen MR) is 137 cm³/mol. The van der Waals surface area contributed by atoms with Crippen LogP contribution in [0, 0.1) is 0 Å². The number of phenols is 1. The van der Waals surface area contributed by atoms with Crippen molar-refractivity contribution >= 4 is 12.0 Å². The van der Waals surface area contributed by atoms with Gasteiger partial charge in [0.2, 0.25) is 5.91 Å². The van der Waals surface area contributed by atoms with Crippen molar-refractivity contribution < 1.29 is 32.9 Å². The molecule has 2 aliphatic carbocycles. The summed E-state index contributed by atoms with van der Waals surface area (Å²) in [6.07, 6.45) is 1.06. The van der Waals surface area contributed by atoms with E-state index in [1.54, 1.807) is 18.0 Å². The van der Waals surface area contributed by atoms with E-state index in [4.69, 9.17) is 4.74 Å². The summed E-state index contributed by atoms with van der Waals surface area (Å²) in [5.41, 5.74) is -0.391. The van der Waals surface area contributed by atoms with Crippen LogP contribution in [0.1, 0.15) is 47.9 Å². The van der Waals surface area contributed by atoms with E-state index in [1.807, 2.05) is 13.1 Å². The summed E-state index contributed by atoms with van der Waals surface area (Å²) < 4.78 is 44.9. The molecule has 1 heterocycles. The van der Waals surface area contributed by atoms with Crippen LogP contribution >= 0.6 is 0 Å². The molecule has 6 nitrogen and oxygen atoms in total. The number of hydrogen-bond donors (Lipinski definition) is 2. The highest BCUT2D eigenvalue weighted by molar-refractivity contribution is 5.91. The van der Waals surface area contributed by atoms with Crippen LogP contribution in [-0.4, -0.2) is 71.4 Å². The first kappa shape index (κ1) is 26.6. The lowest BCUT2D eigenvalue weighted by Crippen LogP contribution is -2.73. The fourth-order valence-electron chi connectivity index (χ4n) is 7.10. The van der Waals surface area contributed by atoms with Crippen molar-refractivity contribution in [3.63, 3.8) is 0 Å². The maximum atomic E-state index is 13.2. The molecule has 1 amide bonds. The zero-order valence-electron chi connectivity index (χ0n) is 21.8. The van der Waals surface area contributed by atoms with Crippen LogP contribution < -0.4 is 4.74 Å². The molecule has 2 aromatic carbocycles. The van der Waals surface area contributed by atoms with Crippen molar-refractivity contribution in [1.82, 2.24) is 9.80 Å². The molecule has 0 unspecified atom stereocenters. The summed E-state index contributed by atoms with van der Waals surface area (Å²) in [5, 5.41) is 22.9. The molecule has 0 radical (unpaired) electrons. The lowest BCUT2D eigenvalue weighted by Gasteiger charge is -2.64. The molecule has 1 saturated heterocycles. The van der Waals surface area contributed by atoms with E-state index in [1.165, 1.54) is 31.4 Å². The number of ether oxygens (including phenoxy) is 1. The van der Waals surface area contributed by atoms with E-state index in [-0.39, 0.29) is 29.3 Å². The van der Waals surface area contributed by atoms with Gasteiger partial charge < -0.3 is 24.7 Å². The average Bonchev–Trinajstić information content (AvgIpc) is 2.88. The summed E-state index contributed by atoms with van der Waals surface area (Å²) in [7, 11) is 5.23. The van der Waals surface area contributed by atoms with Gasteiger partial charge in [0.15, 0.2) is 11.5 Å². The number of hydrogen-bond acceptors (Lipinski definition) is 5. The number of likely N-dealkylation sites (tertiary alicyclic amines) is 1. The Morgan fingerprint density at radius 1 is 1.24 bits per heavy atom. The van der Waals surface area contributed by atoms with Gasteiger partial charge in [-0.2, -0.15) is 13.2 Å². The van der Waals surface area contributed by atoms with Gasteiger partial charge >= 0.3 is 6.18 Å². The Morgan fingerprint density at radius 3 is 2.71 bits per heavy atom. The van der Waals surface area contributed by atoms with Crippen LogP contribution in [0.15, 0.2) is 42.5 Å². The smallest absolute Gasteiger partial charge is 0.416 e. The lowest BCUT2D eigenvalue weighted by molar-refractivity contribution is -0.173. The molecular weight excluding hydrogens is 497 g/mol. The maximum Gasteiger partial charge on any atom is 0.416 e. The summed E-state index contributed by atoms with van der Waals surface area (Å²) >= 11 is 0. The van der Waals surface area contributed by atoms with Gasteiger partial charge in [-0.3, -0.25) is 4.79 Å². The lowest BCUT2D eigenvalue weighted by atomic mass is 9.48. The second kappa shape index (κ2) is 9.31. The van der Waals surface area contributed by atoms with Gasteiger partial charge in [0.25, 0.3) is 0 Å². The fourth-order valence-corrected chi connectivity index (χ4v) is 7.10. The third kappa shape index (κ3) is 4.07. The predicted octanol–water partition coefficient (Wildman–Crippen LogP) is 4.37. The Hall–Kier alpha value is -3.04. The van der Waals surface area contributed by atoms with Gasteiger partial charge in [0.1, 0.15) is 0 Å². The van der Waals surface area contributed by atoms with E-state index in [0.717, 1.165) is 29.8 Å². The van der Waals surface area contributed by atoms with Gasteiger partial charge in [-0.1, -0.05) is 18.2 Å². The van der Waals surface area contributed by atoms with Gasteiger partial charge in [-0.15, -0.1) is 0 Å². The first-order chi connectivity index (χ1) is 17.9. The number of rotatable bonds is 4. The Balaban J connectivity index is 1.46. The maximum absolute atomic E-state index is 13.2. The van der Waals surface area contributed by atoms with Crippen LogP contribution in [0.5, 0.6) is 11.5 Å². The van der Waals surface area contributed by atoms with Crippen molar-refractivity contribution in [3.05, 3.63) is 64.7 Å². The number of fused-ring (bicyclic) bond motifs is 1. The van der Waals surface area contributed by atoms with Crippen molar-refractivity contribution in [2.45, 2.75) is 61.4 Å². The molecule has 204 valence electrons. The summed E-state index contributed by atoms with van der Waals surface area (Å²) in [6, 6.07) is 8.07. The first-order valence-corrected chi connectivity index (χ1v) is 12.9. The zero-order chi connectivity index (χ0) is 27.5. The van der Waals surface area contributed by atoms with E-state index < -0.39 is 22.8 Å². The van der Waals surface area contributed by atoms with E-state index >= 15 is 0 Å². The summed E-state index contributed by atoms with van der Waals surface area (Å²) in [5.74, 6) is 0.0802. The largest absolute Gasteiger partial charge is 0.504 e. The molecule has 38 heavy (non-hydrogen) atoms. The number of halogens is 3. The molecule has 2 aromatic rings. The third-order valence-electron chi connectivity index (χ3n) is 9.09. The topological polar surface area (TPSA) is 73.2 Å². The van der Waals surface area contributed by atoms with E-state index in [2.05, 4.69) is 4.90 Å². The SMILES string of the molecule is COc1c(O)ccc2c1[C@]13CCN(C)[C@H](C2)[C@]1(O)CC[C@@H](N(C)C(=O)C=Cc1cccc(C(F)(F)F)c1)C3. The Morgan fingerprint density at radius 2 is 2.00 bits per heavy atom. The highest BCUT2D eigenvalue weighted by Gasteiger charge is 2.65. The minimum atomic E-state index is -4.46.